The van der Waals surface area contributed by atoms with Gasteiger partial charge in [0, 0.05) is 7.34 Å². The summed E-state index contributed by atoms with van der Waals surface area (Å²) in [5.41, 5.74) is 0. The Labute approximate surface area is 64.4 Å². The Balaban J connectivity index is -0.000000149. The van der Waals surface area contributed by atoms with Gasteiger partial charge in [-0.3, -0.25) is 0 Å². The molecule has 0 radical (unpaired) electrons. The van der Waals surface area contributed by atoms with E-state index in [1.54, 1.807) is 0 Å². The monoisotopic (exact) mass is 145 g/mol. The van der Waals surface area contributed by atoms with Gasteiger partial charge in [0.2, 0.25) is 0 Å². The van der Waals surface area contributed by atoms with Gasteiger partial charge in [-0.05, 0) is 12.3 Å². The third-order valence-corrected chi connectivity index (χ3v) is 1.37. The van der Waals surface area contributed by atoms with Crippen molar-refractivity contribution in [3.05, 3.63) is 12.7 Å². The van der Waals surface area contributed by atoms with E-state index in [1.807, 2.05) is 19.9 Å². The van der Waals surface area contributed by atoms with Gasteiger partial charge in [0.15, 0.2) is 0 Å². The Morgan fingerprint density at radius 3 is 2.10 bits per heavy atom. The molecule has 0 unspecified atom stereocenters. The molecule has 0 saturated heterocycles. The maximum Gasteiger partial charge on any atom is 0.123 e. The van der Waals surface area contributed by atoms with Crippen LogP contribution in [0, 0.1) is 11.8 Å². The zero-order chi connectivity index (χ0) is 7.28. The second kappa shape index (κ2) is 6.49. The summed E-state index contributed by atoms with van der Waals surface area (Å²) in [5, 5.41) is 0. The molecule has 0 amide bonds. The number of carbonyl (C=O) groups excluding carboxylic acids is 1. The molecule has 1 aliphatic carbocycles. The number of allylic oxidation sites excluding steroid dienone is 1. The largest absolute Gasteiger partial charge is 0.344 e. The van der Waals surface area contributed by atoms with Crippen LogP contribution >= 0.6 is 0 Å². The van der Waals surface area contributed by atoms with Crippen molar-refractivity contribution in [3.8, 4) is 0 Å². The van der Waals surface area contributed by atoms with E-state index < -0.39 is 0 Å². The molecule has 1 fully saturated rings. The zero-order valence-corrected chi connectivity index (χ0v) is 6.84. The van der Waals surface area contributed by atoms with Gasteiger partial charge in [-0.1, -0.05) is 19.9 Å². The summed E-state index contributed by atoms with van der Waals surface area (Å²) in [6.07, 6.45) is 3.89. The van der Waals surface area contributed by atoms with Gasteiger partial charge in [0.05, 0.1) is 0 Å². The smallest absolute Gasteiger partial charge is 0.123 e. The lowest BCUT2D eigenvalue weighted by molar-refractivity contribution is -0.109. The molecule has 1 saturated carbocycles. The molecule has 1 aliphatic rings. The molecule has 0 heterocycles. The number of aldehydes is 1. The highest BCUT2D eigenvalue weighted by molar-refractivity contribution is 5.58. The number of hydrogen-bond acceptors (Lipinski definition) is 2. The van der Waals surface area contributed by atoms with Crippen LogP contribution in [-0.4, -0.2) is 6.29 Å². The van der Waals surface area contributed by atoms with Crippen molar-refractivity contribution in [2.45, 2.75) is 20.3 Å². The topological polar surface area (TPSA) is 52.1 Å². The minimum absolute atomic E-state index is 0. The summed E-state index contributed by atoms with van der Waals surface area (Å²) in [7, 11) is 0. The van der Waals surface area contributed by atoms with E-state index in [4.69, 9.17) is 0 Å². The molecule has 1 rings (SSSR count). The van der Waals surface area contributed by atoms with Gasteiger partial charge in [0.1, 0.15) is 6.29 Å². The molecule has 2 nitrogen and oxygen atoms in total. The van der Waals surface area contributed by atoms with E-state index in [-0.39, 0.29) is 7.58 Å². The average molecular weight is 145 g/mol. The molecular weight excluding hydrogens is 126 g/mol. The molecule has 0 aromatic rings. The maximum absolute atomic E-state index is 9.89. The molecule has 2 heteroatoms. The van der Waals surface area contributed by atoms with Crippen molar-refractivity contribution in [1.82, 2.24) is 6.15 Å². The first kappa shape index (κ1) is 12.1. The van der Waals surface area contributed by atoms with Crippen molar-refractivity contribution < 1.29 is 6.22 Å². The van der Waals surface area contributed by atoms with Crippen LogP contribution in [0.15, 0.2) is 12.7 Å². The van der Waals surface area contributed by atoms with Crippen LogP contribution in [0.25, 0.3) is 0 Å². The highest BCUT2D eigenvalue weighted by atomic mass is 16.1. The SMILES string of the molecule is C=C[C@@H]1C[C@@H]1C=O.CC.N.[HH]. The quantitative estimate of drug-likeness (QED) is 0.479. The van der Waals surface area contributed by atoms with Crippen molar-refractivity contribution in [2.75, 3.05) is 0 Å². The Hall–Kier alpha value is -0.630. The first-order chi connectivity index (χ1) is 4.38. The zero-order valence-electron chi connectivity index (χ0n) is 6.84. The molecule has 0 bridgehead atoms. The fourth-order valence-corrected chi connectivity index (χ4v) is 0.663. The summed E-state index contributed by atoms with van der Waals surface area (Å²) >= 11 is 0. The second-order valence-electron chi connectivity index (χ2n) is 1.94. The molecule has 10 heavy (non-hydrogen) atoms. The highest BCUT2D eigenvalue weighted by Crippen LogP contribution is 2.36. The molecule has 2 atom stereocenters. The fourth-order valence-electron chi connectivity index (χ4n) is 0.663. The summed E-state index contributed by atoms with van der Waals surface area (Å²) in [6, 6.07) is 0. The van der Waals surface area contributed by atoms with Crippen LogP contribution in [0.2, 0.25) is 0 Å². The predicted molar refractivity (Wildman–Crippen MR) is 46.3 cm³/mol. The minimum Gasteiger partial charge on any atom is -0.344 e. The van der Waals surface area contributed by atoms with Crippen LogP contribution in [0.4, 0.5) is 0 Å². The average Bonchev–Trinajstić information content (AvgIpc) is 2.70. The van der Waals surface area contributed by atoms with Crippen molar-refractivity contribution in [3.63, 3.8) is 0 Å². The highest BCUT2D eigenvalue weighted by Gasteiger charge is 2.33. The van der Waals surface area contributed by atoms with Crippen LogP contribution in [0.5, 0.6) is 0 Å². The Kier molecular flexibility index (Phi) is 7.84. The van der Waals surface area contributed by atoms with Gasteiger partial charge in [0.25, 0.3) is 0 Å². The lowest BCUT2D eigenvalue weighted by atomic mass is 10.3. The van der Waals surface area contributed by atoms with E-state index in [1.165, 1.54) is 0 Å². The van der Waals surface area contributed by atoms with Crippen molar-refractivity contribution >= 4 is 6.29 Å². The predicted octanol–water partition coefficient (Wildman–Crippen LogP) is 2.44. The Morgan fingerprint density at radius 1 is 1.50 bits per heavy atom. The Bertz CT molecular complexity index is 94.3. The fraction of sp³-hybridized carbons (Fsp3) is 0.625. The molecule has 0 aliphatic heterocycles. The summed E-state index contributed by atoms with van der Waals surface area (Å²) in [6.45, 7) is 7.56. The lowest BCUT2D eigenvalue weighted by Crippen LogP contribution is -1.75. The van der Waals surface area contributed by atoms with Crippen LogP contribution in [0.3, 0.4) is 0 Å². The molecule has 0 aromatic heterocycles. The van der Waals surface area contributed by atoms with Gasteiger partial charge in [-0.2, -0.15) is 0 Å². The third kappa shape index (κ3) is 3.41. The standard InChI is InChI=1S/C6H8O.C2H6.H3N.H2/c1-2-5-3-6(5)4-7;1-2;;/h2,4-6H,1,3H2;1-2H3;1H3;1H/t5-,6-;;;/m1.../s1. The van der Waals surface area contributed by atoms with Crippen LogP contribution in [0.1, 0.15) is 21.7 Å². The third-order valence-electron chi connectivity index (χ3n) is 1.37. The second-order valence-corrected chi connectivity index (χ2v) is 1.94. The van der Waals surface area contributed by atoms with Crippen molar-refractivity contribution in [1.29, 1.82) is 0 Å². The van der Waals surface area contributed by atoms with E-state index in [9.17, 15) is 4.79 Å². The van der Waals surface area contributed by atoms with Crippen LogP contribution < -0.4 is 6.15 Å². The molecule has 0 spiro atoms. The van der Waals surface area contributed by atoms with Gasteiger partial charge in [-0.15, -0.1) is 6.58 Å². The Morgan fingerprint density at radius 2 is 2.00 bits per heavy atom. The first-order valence-corrected chi connectivity index (χ1v) is 3.46. The minimum atomic E-state index is 0. The number of carbonyl (C=O) groups is 1. The number of rotatable bonds is 2. The molecule has 0 aromatic carbocycles. The lowest BCUT2D eigenvalue weighted by Gasteiger charge is -1.72. The first-order valence-electron chi connectivity index (χ1n) is 3.46. The summed E-state index contributed by atoms with van der Waals surface area (Å²) in [5.74, 6) is 0.829. The molecule has 62 valence electrons. The van der Waals surface area contributed by atoms with Crippen LogP contribution in [-0.2, 0) is 4.79 Å². The summed E-state index contributed by atoms with van der Waals surface area (Å²) < 4.78 is 0. The molecule has 3 N–H and O–H groups in total. The summed E-state index contributed by atoms with van der Waals surface area (Å²) in [4.78, 5) is 9.89. The van der Waals surface area contributed by atoms with E-state index in [2.05, 4.69) is 6.58 Å². The number of hydrogen-bond donors (Lipinski definition) is 1. The molecular formula is C8H19NO. The van der Waals surface area contributed by atoms with Gasteiger partial charge >= 0.3 is 0 Å². The normalized spacial score (nSPS) is 26.6. The van der Waals surface area contributed by atoms with E-state index >= 15 is 0 Å². The van der Waals surface area contributed by atoms with E-state index in [0.717, 1.165) is 12.7 Å². The maximum atomic E-state index is 9.89. The van der Waals surface area contributed by atoms with E-state index in [0.29, 0.717) is 11.8 Å². The van der Waals surface area contributed by atoms with Crippen molar-refractivity contribution in [2.24, 2.45) is 11.8 Å². The van der Waals surface area contributed by atoms with Gasteiger partial charge in [-0.25, -0.2) is 0 Å². The van der Waals surface area contributed by atoms with Gasteiger partial charge < -0.3 is 10.9 Å².